The maximum atomic E-state index is 3.39. The van der Waals surface area contributed by atoms with Crippen molar-refractivity contribution >= 4 is 0 Å². The lowest BCUT2D eigenvalue weighted by Crippen LogP contribution is -1.95. The summed E-state index contributed by atoms with van der Waals surface area (Å²) >= 11 is 0. The zero-order valence-electron chi connectivity index (χ0n) is 9.86. The zero-order valence-corrected chi connectivity index (χ0v) is 9.86. The van der Waals surface area contributed by atoms with Gasteiger partial charge < -0.3 is 0 Å². The molecule has 0 unspecified atom stereocenters. The van der Waals surface area contributed by atoms with E-state index in [1.54, 1.807) is 0 Å². The van der Waals surface area contributed by atoms with Crippen molar-refractivity contribution in [2.24, 2.45) is 0 Å². The van der Waals surface area contributed by atoms with Crippen LogP contribution in [0.4, 0.5) is 0 Å². The average Bonchev–Trinajstić information content (AvgIpc) is 2.15. The summed E-state index contributed by atoms with van der Waals surface area (Å²) in [6.45, 7) is 10.8. The van der Waals surface area contributed by atoms with E-state index in [9.17, 15) is 0 Å². The van der Waals surface area contributed by atoms with Gasteiger partial charge in [-0.1, -0.05) is 19.1 Å². The molecule has 0 N–H and O–H groups in total. The Bertz CT molecular complexity index is 331. The van der Waals surface area contributed by atoms with Crippen LogP contribution in [0.15, 0.2) is 12.1 Å². The van der Waals surface area contributed by atoms with E-state index in [-0.39, 0.29) is 0 Å². The SMILES string of the molecule is CC/C=[C]\c1c(C)c(C)cc(C)c1C. The third-order valence-corrected chi connectivity index (χ3v) is 2.82. The lowest BCUT2D eigenvalue weighted by Gasteiger charge is -2.11. The fourth-order valence-electron chi connectivity index (χ4n) is 1.64. The number of hydrogen-bond donors (Lipinski definition) is 0. The summed E-state index contributed by atoms with van der Waals surface area (Å²) in [4.78, 5) is 0. The Balaban J connectivity index is 3.32. The molecule has 0 aromatic heterocycles. The third kappa shape index (κ3) is 2.06. The summed E-state index contributed by atoms with van der Waals surface area (Å²) in [5, 5.41) is 0. The molecular formula is C14H19. The highest BCUT2D eigenvalue weighted by molar-refractivity contribution is 5.47. The van der Waals surface area contributed by atoms with Crippen molar-refractivity contribution < 1.29 is 0 Å². The van der Waals surface area contributed by atoms with Gasteiger partial charge >= 0.3 is 0 Å². The molecule has 0 nitrogen and oxygen atoms in total. The first-order chi connectivity index (χ1) is 6.57. The van der Waals surface area contributed by atoms with Crippen molar-refractivity contribution in [3.8, 4) is 0 Å². The molecule has 1 radical (unpaired) electrons. The number of rotatable bonds is 2. The van der Waals surface area contributed by atoms with Gasteiger partial charge in [-0.15, -0.1) is 0 Å². The smallest absolute Gasteiger partial charge is 0.0117 e. The van der Waals surface area contributed by atoms with Crippen LogP contribution in [-0.4, -0.2) is 0 Å². The molecule has 0 amide bonds. The van der Waals surface area contributed by atoms with E-state index in [0.717, 1.165) is 6.42 Å². The first-order valence-corrected chi connectivity index (χ1v) is 5.23. The van der Waals surface area contributed by atoms with Crippen LogP contribution in [0.2, 0.25) is 0 Å². The summed E-state index contributed by atoms with van der Waals surface area (Å²) in [6, 6.07) is 2.25. The van der Waals surface area contributed by atoms with Crippen molar-refractivity contribution in [2.45, 2.75) is 41.0 Å². The number of hydrogen-bond acceptors (Lipinski definition) is 0. The predicted molar refractivity (Wildman–Crippen MR) is 62.6 cm³/mol. The van der Waals surface area contributed by atoms with Crippen LogP contribution in [0.1, 0.15) is 41.2 Å². The van der Waals surface area contributed by atoms with Crippen molar-refractivity contribution in [3.05, 3.63) is 46.0 Å². The number of allylic oxidation sites excluding steroid dienone is 1. The van der Waals surface area contributed by atoms with Gasteiger partial charge in [-0.05, 0) is 68.0 Å². The molecule has 1 aromatic rings. The monoisotopic (exact) mass is 187 g/mol. The molecule has 14 heavy (non-hydrogen) atoms. The van der Waals surface area contributed by atoms with E-state index in [1.165, 1.54) is 27.8 Å². The first-order valence-electron chi connectivity index (χ1n) is 5.23. The summed E-state index contributed by atoms with van der Waals surface area (Å²) in [7, 11) is 0. The molecule has 0 saturated carbocycles. The van der Waals surface area contributed by atoms with Gasteiger partial charge in [-0.2, -0.15) is 0 Å². The molecule has 0 spiro atoms. The summed E-state index contributed by atoms with van der Waals surface area (Å²) in [6.07, 6.45) is 6.54. The molecule has 0 atom stereocenters. The van der Waals surface area contributed by atoms with Crippen LogP contribution >= 0.6 is 0 Å². The van der Waals surface area contributed by atoms with Crippen LogP contribution in [0.3, 0.4) is 0 Å². The van der Waals surface area contributed by atoms with Crippen molar-refractivity contribution in [3.63, 3.8) is 0 Å². The van der Waals surface area contributed by atoms with Crippen molar-refractivity contribution in [1.82, 2.24) is 0 Å². The standard InChI is InChI=1S/C14H19/c1-6-7-8-14-12(4)10(2)9-11(3)13(14)5/h7,9H,6H2,1-5H3. The van der Waals surface area contributed by atoms with Crippen LogP contribution < -0.4 is 0 Å². The second-order valence-electron chi connectivity index (χ2n) is 3.89. The van der Waals surface area contributed by atoms with Crippen molar-refractivity contribution in [2.75, 3.05) is 0 Å². The summed E-state index contributed by atoms with van der Waals surface area (Å²) in [5.41, 5.74) is 6.72. The second-order valence-corrected chi connectivity index (χ2v) is 3.89. The van der Waals surface area contributed by atoms with Gasteiger partial charge in [0.05, 0.1) is 0 Å². The Morgan fingerprint density at radius 3 is 2.00 bits per heavy atom. The Morgan fingerprint density at radius 2 is 1.57 bits per heavy atom. The quantitative estimate of drug-likeness (QED) is 0.655. The minimum Gasteiger partial charge on any atom is -0.0763 e. The summed E-state index contributed by atoms with van der Waals surface area (Å²) in [5.74, 6) is 0. The first kappa shape index (κ1) is 11.0. The molecule has 0 saturated heterocycles. The average molecular weight is 187 g/mol. The Hall–Kier alpha value is -1.04. The van der Waals surface area contributed by atoms with Crippen molar-refractivity contribution in [1.29, 1.82) is 0 Å². The van der Waals surface area contributed by atoms with Crippen LogP contribution in [0.5, 0.6) is 0 Å². The van der Waals surface area contributed by atoms with Crippen LogP contribution in [0.25, 0.3) is 0 Å². The molecule has 1 rings (SSSR count). The highest BCUT2D eigenvalue weighted by Gasteiger charge is 2.05. The van der Waals surface area contributed by atoms with Gasteiger partial charge in [0.2, 0.25) is 0 Å². The molecule has 0 aliphatic heterocycles. The van der Waals surface area contributed by atoms with E-state index in [2.05, 4.69) is 52.8 Å². The number of benzene rings is 1. The largest absolute Gasteiger partial charge is 0.0763 e. The minimum atomic E-state index is 1.05. The lowest BCUT2D eigenvalue weighted by atomic mass is 9.94. The molecular weight excluding hydrogens is 168 g/mol. The van der Waals surface area contributed by atoms with E-state index in [4.69, 9.17) is 0 Å². The number of aryl methyl sites for hydroxylation is 2. The lowest BCUT2D eigenvalue weighted by molar-refractivity contribution is 1.17. The zero-order chi connectivity index (χ0) is 10.7. The Morgan fingerprint density at radius 1 is 1.07 bits per heavy atom. The highest BCUT2D eigenvalue weighted by Crippen LogP contribution is 2.21. The summed E-state index contributed by atoms with van der Waals surface area (Å²) < 4.78 is 0. The van der Waals surface area contributed by atoms with Gasteiger partial charge in [0.25, 0.3) is 0 Å². The predicted octanol–water partition coefficient (Wildman–Crippen LogP) is 4.04. The van der Waals surface area contributed by atoms with E-state index in [0.29, 0.717) is 0 Å². The van der Waals surface area contributed by atoms with Gasteiger partial charge in [-0.3, -0.25) is 0 Å². The fourth-order valence-corrected chi connectivity index (χ4v) is 1.64. The van der Waals surface area contributed by atoms with E-state index >= 15 is 0 Å². The molecule has 0 heterocycles. The Kier molecular flexibility index (Phi) is 3.51. The van der Waals surface area contributed by atoms with Crippen LogP contribution in [0, 0.1) is 33.8 Å². The molecule has 75 valence electrons. The van der Waals surface area contributed by atoms with E-state index < -0.39 is 0 Å². The van der Waals surface area contributed by atoms with E-state index in [1.807, 2.05) is 0 Å². The normalized spacial score (nSPS) is 11.2. The van der Waals surface area contributed by atoms with Gasteiger partial charge in [0, 0.05) is 0 Å². The van der Waals surface area contributed by atoms with Gasteiger partial charge in [0.15, 0.2) is 0 Å². The molecule has 0 heteroatoms. The molecule has 0 fully saturated rings. The highest BCUT2D eigenvalue weighted by atomic mass is 14.1. The third-order valence-electron chi connectivity index (χ3n) is 2.82. The fraction of sp³-hybridized carbons (Fsp3) is 0.429. The van der Waals surface area contributed by atoms with Crippen LogP contribution in [-0.2, 0) is 0 Å². The Labute approximate surface area is 87.7 Å². The molecule has 0 aliphatic carbocycles. The second kappa shape index (κ2) is 4.45. The molecule has 0 bridgehead atoms. The molecule has 1 aromatic carbocycles. The molecule has 0 aliphatic rings. The maximum Gasteiger partial charge on any atom is -0.0117 e. The maximum absolute atomic E-state index is 3.39. The van der Waals surface area contributed by atoms with Gasteiger partial charge in [-0.25, -0.2) is 0 Å². The minimum absolute atomic E-state index is 1.05. The van der Waals surface area contributed by atoms with Gasteiger partial charge in [0.1, 0.15) is 0 Å². The topological polar surface area (TPSA) is 0 Å².